The molecular weight excluding hydrogens is 462 g/mol. The Kier molecular flexibility index (Phi) is 7.35. The summed E-state index contributed by atoms with van der Waals surface area (Å²) in [6.45, 7) is 4.01. The van der Waals surface area contributed by atoms with Crippen molar-refractivity contribution in [2.75, 3.05) is 13.1 Å². The molecule has 2 aliphatic rings. The standard InChI is InChI=1S/C25H30F2N2O4S/c1-17-14-28(15-18(2)33-17)34(31,32)21-12-10-19(11-13-21)25(30)29(20-6-3-4-7-20)16-22-23(26)8-5-9-24(22)27/h5,8-13,17-18,20H,3-4,6-7,14-16H2,1-2H3. The number of carbonyl (C=O) groups excluding carboxylic acids is 1. The number of halogens is 2. The summed E-state index contributed by atoms with van der Waals surface area (Å²) < 4.78 is 61.9. The molecule has 1 heterocycles. The molecule has 2 aromatic carbocycles. The van der Waals surface area contributed by atoms with Crippen LogP contribution in [-0.4, -0.2) is 54.9 Å². The lowest BCUT2D eigenvalue weighted by molar-refractivity contribution is -0.0440. The molecule has 0 spiro atoms. The van der Waals surface area contributed by atoms with E-state index in [1.54, 1.807) is 0 Å². The molecule has 1 aliphatic heterocycles. The van der Waals surface area contributed by atoms with Crippen molar-refractivity contribution in [3.05, 3.63) is 65.2 Å². The Bertz CT molecular complexity index is 1100. The van der Waals surface area contributed by atoms with Crippen LogP contribution in [0.25, 0.3) is 0 Å². The number of carbonyl (C=O) groups is 1. The number of morpholine rings is 1. The maximum absolute atomic E-state index is 14.3. The van der Waals surface area contributed by atoms with Gasteiger partial charge in [-0.3, -0.25) is 4.79 Å². The predicted octanol–water partition coefficient (Wildman–Crippen LogP) is 4.35. The largest absolute Gasteiger partial charge is 0.373 e. The number of hydrogen-bond acceptors (Lipinski definition) is 4. The molecule has 0 aromatic heterocycles. The van der Waals surface area contributed by atoms with Crippen LogP contribution < -0.4 is 0 Å². The van der Waals surface area contributed by atoms with Gasteiger partial charge in [-0.2, -0.15) is 4.31 Å². The van der Waals surface area contributed by atoms with E-state index in [2.05, 4.69) is 0 Å². The number of nitrogens with zero attached hydrogens (tertiary/aromatic N) is 2. The van der Waals surface area contributed by atoms with Crippen molar-refractivity contribution in [2.45, 2.75) is 69.2 Å². The first-order chi connectivity index (χ1) is 16.2. The number of benzene rings is 2. The second kappa shape index (κ2) is 10.1. The van der Waals surface area contributed by atoms with Crippen LogP contribution >= 0.6 is 0 Å². The molecule has 9 heteroatoms. The molecule has 1 saturated heterocycles. The highest BCUT2D eigenvalue weighted by Crippen LogP contribution is 2.28. The number of rotatable bonds is 6. The minimum Gasteiger partial charge on any atom is -0.373 e. The van der Waals surface area contributed by atoms with Gasteiger partial charge in [0.1, 0.15) is 11.6 Å². The van der Waals surface area contributed by atoms with Gasteiger partial charge in [-0.05, 0) is 63.1 Å². The van der Waals surface area contributed by atoms with Gasteiger partial charge in [0.2, 0.25) is 10.0 Å². The lowest BCUT2D eigenvalue weighted by atomic mass is 10.1. The fourth-order valence-corrected chi connectivity index (χ4v) is 6.44. The molecule has 6 nitrogen and oxygen atoms in total. The quantitative estimate of drug-likeness (QED) is 0.602. The van der Waals surface area contributed by atoms with E-state index >= 15 is 0 Å². The van der Waals surface area contributed by atoms with Crippen molar-refractivity contribution in [3.63, 3.8) is 0 Å². The highest BCUT2D eigenvalue weighted by atomic mass is 32.2. The van der Waals surface area contributed by atoms with Crippen molar-refractivity contribution >= 4 is 15.9 Å². The second-order valence-corrected chi connectivity index (χ2v) is 11.1. The number of sulfonamides is 1. The molecule has 2 aromatic rings. The summed E-state index contributed by atoms with van der Waals surface area (Å²) in [6, 6.07) is 9.33. The third-order valence-corrected chi connectivity index (χ3v) is 8.39. The Hall–Kier alpha value is -2.36. The summed E-state index contributed by atoms with van der Waals surface area (Å²) in [5.41, 5.74) is 0.142. The van der Waals surface area contributed by atoms with Gasteiger partial charge in [-0.1, -0.05) is 18.9 Å². The third-order valence-electron chi connectivity index (χ3n) is 6.54. The van der Waals surface area contributed by atoms with Gasteiger partial charge in [0.05, 0.1) is 23.6 Å². The van der Waals surface area contributed by atoms with E-state index in [1.807, 2.05) is 13.8 Å². The Morgan fingerprint density at radius 2 is 1.56 bits per heavy atom. The van der Waals surface area contributed by atoms with E-state index in [-0.39, 0.29) is 59.8 Å². The molecule has 0 radical (unpaired) electrons. The first-order valence-electron chi connectivity index (χ1n) is 11.7. The van der Waals surface area contributed by atoms with Gasteiger partial charge < -0.3 is 9.64 Å². The topological polar surface area (TPSA) is 66.9 Å². The molecule has 1 amide bonds. The van der Waals surface area contributed by atoms with Gasteiger partial charge in [0.25, 0.3) is 5.91 Å². The minimum absolute atomic E-state index is 0.0953. The lowest BCUT2D eigenvalue weighted by Gasteiger charge is -2.34. The van der Waals surface area contributed by atoms with Crippen LogP contribution in [-0.2, 0) is 21.3 Å². The fourth-order valence-electron chi connectivity index (χ4n) is 4.85. The van der Waals surface area contributed by atoms with Crippen LogP contribution in [0.1, 0.15) is 55.5 Å². The summed E-state index contributed by atoms with van der Waals surface area (Å²) in [6.07, 6.45) is 3.00. The highest BCUT2D eigenvalue weighted by molar-refractivity contribution is 7.89. The molecule has 2 atom stereocenters. The van der Waals surface area contributed by atoms with Crippen LogP contribution in [0.5, 0.6) is 0 Å². The number of amides is 1. The van der Waals surface area contributed by atoms with Gasteiger partial charge >= 0.3 is 0 Å². The summed E-state index contributed by atoms with van der Waals surface area (Å²) >= 11 is 0. The molecule has 0 bridgehead atoms. The molecule has 34 heavy (non-hydrogen) atoms. The highest BCUT2D eigenvalue weighted by Gasteiger charge is 2.33. The summed E-state index contributed by atoms with van der Waals surface area (Å²) in [5.74, 6) is -1.75. The summed E-state index contributed by atoms with van der Waals surface area (Å²) in [5, 5.41) is 0. The first kappa shape index (κ1) is 24.8. The Morgan fingerprint density at radius 1 is 1.00 bits per heavy atom. The number of ether oxygens (including phenoxy) is 1. The molecule has 1 aliphatic carbocycles. The molecular formula is C25H30F2N2O4S. The molecule has 2 unspecified atom stereocenters. The van der Waals surface area contributed by atoms with Crippen LogP contribution in [0, 0.1) is 11.6 Å². The molecule has 184 valence electrons. The molecule has 0 N–H and O–H groups in total. The maximum Gasteiger partial charge on any atom is 0.254 e. The smallest absolute Gasteiger partial charge is 0.254 e. The summed E-state index contributed by atoms with van der Waals surface area (Å²) in [7, 11) is -3.74. The Labute approximate surface area is 199 Å². The Balaban J connectivity index is 1.58. The lowest BCUT2D eigenvalue weighted by Crippen LogP contribution is -2.48. The van der Waals surface area contributed by atoms with Crippen molar-refractivity contribution in [1.82, 2.24) is 9.21 Å². The summed E-state index contributed by atoms with van der Waals surface area (Å²) in [4.78, 5) is 15.0. The van der Waals surface area contributed by atoms with Crippen molar-refractivity contribution in [3.8, 4) is 0 Å². The van der Waals surface area contributed by atoms with E-state index in [0.29, 0.717) is 0 Å². The monoisotopic (exact) mass is 492 g/mol. The van der Waals surface area contributed by atoms with Gasteiger partial charge in [-0.15, -0.1) is 0 Å². The zero-order chi connectivity index (χ0) is 24.5. The zero-order valence-electron chi connectivity index (χ0n) is 19.4. The van der Waals surface area contributed by atoms with Crippen LogP contribution in [0.3, 0.4) is 0 Å². The van der Waals surface area contributed by atoms with Crippen LogP contribution in [0.4, 0.5) is 8.78 Å². The van der Waals surface area contributed by atoms with E-state index in [0.717, 1.165) is 25.7 Å². The van der Waals surface area contributed by atoms with E-state index in [1.165, 1.54) is 51.7 Å². The normalized spacial score (nSPS) is 22.1. The van der Waals surface area contributed by atoms with Crippen LogP contribution in [0.2, 0.25) is 0 Å². The molecule has 4 rings (SSSR count). The Morgan fingerprint density at radius 3 is 2.12 bits per heavy atom. The molecule has 1 saturated carbocycles. The average molecular weight is 493 g/mol. The average Bonchev–Trinajstić information content (AvgIpc) is 3.32. The minimum atomic E-state index is -3.74. The van der Waals surface area contributed by atoms with Crippen molar-refractivity contribution in [1.29, 1.82) is 0 Å². The first-order valence-corrected chi connectivity index (χ1v) is 13.1. The van der Waals surface area contributed by atoms with E-state index in [9.17, 15) is 22.0 Å². The van der Waals surface area contributed by atoms with E-state index in [4.69, 9.17) is 4.74 Å². The fraction of sp³-hybridized carbons (Fsp3) is 0.480. The van der Waals surface area contributed by atoms with Gasteiger partial charge in [-0.25, -0.2) is 17.2 Å². The van der Waals surface area contributed by atoms with Gasteiger partial charge in [0.15, 0.2) is 0 Å². The zero-order valence-corrected chi connectivity index (χ0v) is 20.2. The SMILES string of the molecule is CC1CN(S(=O)(=O)c2ccc(C(=O)N(Cc3c(F)cccc3F)C3CCCC3)cc2)CC(C)O1. The third kappa shape index (κ3) is 5.16. The molecule has 2 fully saturated rings. The maximum atomic E-state index is 14.3. The van der Waals surface area contributed by atoms with Crippen molar-refractivity contribution < 1.29 is 26.7 Å². The predicted molar refractivity (Wildman–Crippen MR) is 124 cm³/mol. The van der Waals surface area contributed by atoms with Crippen LogP contribution in [0.15, 0.2) is 47.4 Å². The van der Waals surface area contributed by atoms with Gasteiger partial charge in [0, 0.05) is 30.3 Å². The van der Waals surface area contributed by atoms with E-state index < -0.39 is 21.7 Å². The number of hydrogen-bond donors (Lipinski definition) is 0. The second-order valence-electron chi connectivity index (χ2n) is 9.18. The van der Waals surface area contributed by atoms with Crippen molar-refractivity contribution in [2.24, 2.45) is 0 Å².